The van der Waals surface area contributed by atoms with Crippen LogP contribution in [0.15, 0.2) is 10.9 Å². The van der Waals surface area contributed by atoms with Crippen molar-refractivity contribution in [2.45, 2.75) is 19.8 Å². The Morgan fingerprint density at radius 2 is 2.00 bits per heavy atom. The van der Waals surface area contributed by atoms with E-state index < -0.39 is 0 Å². The van der Waals surface area contributed by atoms with Crippen molar-refractivity contribution in [3.63, 3.8) is 0 Å². The Bertz CT molecular complexity index is 786. The number of carbonyl (C=O) groups excluding carboxylic acids is 1. The van der Waals surface area contributed by atoms with Crippen molar-refractivity contribution in [3.8, 4) is 0 Å². The largest absolute Gasteiger partial charge is 0.343 e. The molecule has 1 saturated carbocycles. The Kier molecular flexibility index (Phi) is 3.14. The Hall–Kier alpha value is -1.96. The zero-order valence-corrected chi connectivity index (χ0v) is 13.2. The first-order chi connectivity index (χ1) is 10.6. The quantitative estimate of drug-likeness (QED) is 0.807. The Morgan fingerprint density at radius 3 is 2.68 bits per heavy atom. The van der Waals surface area contributed by atoms with E-state index in [4.69, 9.17) is 0 Å². The molecule has 4 rings (SSSR count). The Balaban J connectivity index is 1.52. The third-order valence-electron chi connectivity index (χ3n) is 4.21. The van der Waals surface area contributed by atoms with Gasteiger partial charge in [-0.05, 0) is 19.8 Å². The summed E-state index contributed by atoms with van der Waals surface area (Å²) in [6.45, 7) is 4.90. The van der Waals surface area contributed by atoms with Gasteiger partial charge in [0, 0.05) is 43.9 Å². The summed E-state index contributed by atoms with van der Waals surface area (Å²) in [6.07, 6.45) is 2.10. The standard InChI is InChI=1S/C14H17N5O2S/c1-9-8-11(20)15-13-19(9)16-14(22-13)18-6-4-17(5-7-18)12(21)10-2-3-10/h8,10H,2-7H2,1H3. The lowest BCUT2D eigenvalue weighted by Gasteiger charge is -2.34. The normalized spacial score (nSPS) is 19.0. The predicted octanol–water partition coefficient (Wildman–Crippen LogP) is 0.518. The molecule has 2 fully saturated rings. The van der Waals surface area contributed by atoms with Crippen molar-refractivity contribution in [1.29, 1.82) is 0 Å². The van der Waals surface area contributed by atoms with Crippen LogP contribution in [0.2, 0.25) is 0 Å². The highest BCUT2D eigenvalue weighted by Crippen LogP contribution is 2.31. The minimum atomic E-state index is -0.229. The van der Waals surface area contributed by atoms with E-state index >= 15 is 0 Å². The Labute approximate surface area is 131 Å². The number of carbonyl (C=O) groups is 1. The van der Waals surface area contributed by atoms with E-state index in [0.29, 0.717) is 10.9 Å². The number of nitrogens with zero attached hydrogens (tertiary/aromatic N) is 5. The molecule has 0 atom stereocenters. The molecule has 0 spiro atoms. The van der Waals surface area contributed by atoms with Crippen molar-refractivity contribution in [3.05, 3.63) is 22.1 Å². The van der Waals surface area contributed by atoms with Crippen molar-refractivity contribution in [2.75, 3.05) is 31.1 Å². The number of anilines is 1. The average Bonchev–Trinajstić information content (AvgIpc) is 3.26. The second kappa shape index (κ2) is 5.05. The van der Waals surface area contributed by atoms with Crippen LogP contribution in [0.5, 0.6) is 0 Å². The van der Waals surface area contributed by atoms with Crippen molar-refractivity contribution in [1.82, 2.24) is 19.5 Å². The van der Waals surface area contributed by atoms with Gasteiger partial charge in [-0.15, -0.1) is 5.10 Å². The van der Waals surface area contributed by atoms with Gasteiger partial charge in [0.1, 0.15) is 0 Å². The lowest BCUT2D eigenvalue weighted by Crippen LogP contribution is -2.49. The summed E-state index contributed by atoms with van der Waals surface area (Å²) in [7, 11) is 0. The highest BCUT2D eigenvalue weighted by molar-refractivity contribution is 7.20. The molecular weight excluding hydrogens is 302 g/mol. The van der Waals surface area contributed by atoms with Gasteiger partial charge in [0.05, 0.1) is 0 Å². The molecule has 0 unspecified atom stereocenters. The van der Waals surface area contributed by atoms with Gasteiger partial charge in [0.2, 0.25) is 16.0 Å². The summed E-state index contributed by atoms with van der Waals surface area (Å²) in [5.74, 6) is 0.596. The van der Waals surface area contributed by atoms with Crippen molar-refractivity contribution < 1.29 is 4.79 Å². The molecule has 0 bridgehead atoms. The summed E-state index contributed by atoms with van der Waals surface area (Å²) in [4.78, 5) is 32.3. The zero-order chi connectivity index (χ0) is 15.3. The second-order valence-corrected chi connectivity index (χ2v) is 6.84. The number of hydrogen-bond acceptors (Lipinski definition) is 6. The number of amides is 1. The fraction of sp³-hybridized carbons (Fsp3) is 0.571. The van der Waals surface area contributed by atoms with Crippen molar-refractivity contribution in [2.24, 2.45) is 5.92 Å². The van der Waals surface area contributed by atoms with Gasteiger partial charge in [-0.2, -0.15) is 4.98 Å². The van der Waals surface area contributed by atoms with Crippen LogP contribution in [-0.2, 0) is 4.79 Å². The van der Waals surface area contributed by atoms with Crippen LogP contribution in [0.3, 0.4) is 0 Å². The molecule has 2 aromatic heterocycles. The molecule has 1 amide bonds. The molecule has 3 heterocycles. The summed E-state index contributed by atoms with van der Waals surface area (Å²) in [6, 6.07) is 1.49. The van der Waals surface area contributed by atoms with E-state index in [-0.39, 0.29) is 11.5 Å². The number of hydrogen-bond donors (Lipinski definition) is 0. The van der Waals surface area contributed by atoms with E-state index in [0.717, 1.165) is 49.8 Å². The summed E-state index contributed by atoms with van der Waals surface area (Å²) < 4.78 is 1.71. The van der Waals surface area contributed by atoms with Crippen LogP contribution in [0, 0.1) is 12.8 Å². The van der Waals surface area contributed by atoms with Gasteiger partial charge in [-0.3, -0.25) is 9.59 Å². The van der Waals surface area contributed by atoms with Gasteiger partial charge in [-0.1, -0.05) is 11.3 Å². The van der Waals surface area contributed by atoms with E-state index in [9.17, 15) is 9.59 Å². The SMILES string of the molecule is Cc1cc(=O)nc2sc(N3CCN(C(=O)C4CC4)CC3)nn12. The monoisotopic (exact) mass is 319 g/mol. The summed E-state index contributed by atoms with van der Waals surface area (Å²) in [5.41, 5.74) is 0.563. The lowest BCUT2D eigenvalue weighted by atomic mass is 10.3. The maximum atomic E-state index is 12.1. The molecule has 0 N–H and O–H groups in total. The minimum Gasteiger partial charge on any atom is -0.343 e. The summed E-state index contributed by atoms with van der Waals surface area (Å²) >= 11 is 1.42. The van der Waals surface area contributed by atoms with Crippen LogP contribution in [0.4, 0.5) is 5.13 Å². The van der Waals surface area contributed by atoms with E-state index in [1.807, 2.05) is 11.8 Å². The summed E-state index contributed by atoms with van der Waals surface area (Å²) in [5, 5.41) is 5.41. The fourth-order valence-corrected chi connectivity index (χ4v) is 3.78. The molecule has 116 valence electrons. The average molecular weight is 319 g/mol. The number of piperazine rings is 1. The number of fused-ring (bicyclic) bond motifs is 1. The molecule has 7 nitrogen and oxygen atoms in total. The molecule has 2 aromatic rings. The van der Waals surface area contributed by atoms with Crippen LogP contribution in [0.1, 0.15) is 18.5 Å². The molecule has 1 saturated heterocycles. The highest BCUT2D eigenvalue weighted by Gasteiger charge is 2.34. The first-order valence-electron chi connectivity index (χ1n) is 7.53. The predicted molar refractivity (Wildman–Crippen MR) is 83.4 cm³/mol. The van der Waals surface area contributed by atoms with Crippen LogP contribution in [0.25, 0.3) is 4.96 Å². The molecule has 8 heteroatoms. The fourth-order valence-electron chi connectivity index (χ4n) is 2.77. The van der Waals surface area contributed by atoms with Gasteiger partial charge in [0.15, 0.2) is 0 Å². The van der Waals surface area contributed by atoms with E-state index in [1.54, 1.807) is 4.52 Å². The minimum absolute atomic E-state index is 0.229. The topological polar surface area (TPSA) is 70.8 Å². The zero-order valence-electron chi connectivity index (χ0n) is 12.4. The van der Waals surface area contributed by atoms with Crippen LogP contribution in [-0.4, -0.2) is 51.6 Å². The van der Waals surface area contributed by atoms with Gasteiger partial charge in [-0.25, -0.2) is 4.52 Å². The van der Waals surface area contributed by atoms with Gasteiger partial charge >= 0.3 is 0 Å². The smallest absolute Gasteiger partial charge is 0.274 e. The van der Waals surface area contributed by atoms with Gasteiger partial charge < -0.3 is 9.80 Å². The molecule has 22 heavy (non-hydrogen) atoms. The van der Waals surface area contributed by atoms with E-state index in [1.165, 1.54) is 17.4 Å². The first-order valence-corrected chi connectivity index (χ1v) is 8.35. The maximum Gasteiger partial charge on any atom is 0.274 e. The lowest BCUT2D eigenvalue weighted by molar-refractivity contribution is -0.132. The van der Waals surface area contributed by atoms with E-state index in [2.05, 4.69) is 15.0 Å². The molecule has 0 aromatic carbocycles. The molecule has 1 aliphatic carbocycles. The molecule has 0 radical (unpaired) electrons. The van der Waals surface area contributed by atoms with Crippen molar-refractivity contribution >= 4 is 27.3 Å². The molecule has 2 aliphatic rings. The third kappa shape index (κ3) is 2.37. The number of aryl methyl sites for hydroxylation is 1. The first kappa shape index (κ1) is 13.7. The van der Waals surface area contributed by atoms with Gasteiger partial charge in [0.25, 0.3) is 5.56 Å². The van der Waals surface area contributed by atoms with Crippen LogP contribution < -0.4 is 10.5 Å². The molecule has 1 aliphatic heterocycles. The molecular formula is C14H17N5O2S. The number of aromatic nitrogens is 3. The Morgan fingerprint density at radius 1 is 1.27 bits per heavy atom. The number of rotatable bonds is 2. The second-order valence-electron chi connectivity index (χ2n) is 5.90. The third-order valence-corrected chi connectivity index (χ3v) is 5.18. The van der Waals surface area contributed by atoms with Crippen LogP contribution >= 0.6 is 11.3 Å². The highest BCUT2D eigenvalue weighted by atomic mass is 32.1. The maximum absolute atomic E-state index is 12.1.